The van der Waals surface area contributed by atoms with E-state index in [1.165, 1.54) is 0 Å². The van der Waals surface area contributed by atoms with Crippen LogP contribution in [-0.4, -0.2) is 143 Å². The average Bonchev–Trinajstić information content (AvgIpc) is 0. The van der Waals surface area contributed by atoms with E-state index in [-0.39, 0.29) is 213 Å². The van der Waals surface area contributed by atoms with Gasteiger partial charge in [-0.3, -0.25) is 0 Å². The maximum atomic E-state index is 0. The van der Waals surface area contributed by atoms with Gasteiger partial charge in [0, 0.05) is 117 Å². The van der Waals surface area contributed by atoms with Crippen molar-refractivity contribution >= 4 is 143 Å². The molecule has 0 aromatic rings. The van der Waals surface area contributed by atoms with Gasteiger partial charge in [-0.15, -0.1) is 0 Å². The molecule has 10 heavy (non-hydrogen) atoms. The molecule has 0 atom stereocenters. The number of hydrogen-bond acceptors (Lipinski definition) is 0. The third-order valence-electron chi connectivity index (χ3n) is 0. The molecule has 0 spiro atoms. The second-order valence-corrected chi connectivity index (χ2v) is 0. The zero-order chi connectivity index (χ0) is 0. The van der Waals surface area contributed by atoms with Crippen molar-refractivity contribution in [1.82, 2.24) is 0 Å². The van der Waals surface area contributed by atoms with Crippen molar-refractivity contribution in [1.29, 1.82) is 0 Å². The number of rotatable bonds is 0. The molecule has 0 amide bonds. The third kappa shape index (κ3) is 60.4. The minimum absolute atomic E-state index is 0. The van der Waals surface area contributed by atoms with Crippen LogP contribution in [0.15, 0.2) is 0 Å². The van der Waals surface area contributed by atoms with Crippen LogP contribution in [0.2, 0.25) is 0 Å². The zero-order valence-corrected chi connectivity index (χ0v) is 28.9. The summed E-state index contributed by atoms with van der Waals surface area (Å²) >= 11 is 0. The van der Waals surface area contributed by atoms with Crippen LogP contribution in [0.5, 0.6) is 0 Å². The average molecular weight is 924 g/mol. The SMILES string of the molecule is [Cr].[Cr].[Cr].[Cr].[SnH].[SnH].[SnH].[SnH].[Sn].[Sn]. The molecule has 0 aromatic heterocycles. The standard InChI is InChI=1S/4Cr.6Sn.4H. The normalized spacial score (nSPS) is 0. The van der Waals surface area contributed by atoms with E-state index in [0.29, 0.717) is 0 Å². The van der Waals surface area contributed by atoms with Gasteiger partial charge in [0.15, 0.2) is 0 Å². The Morgan fingerprint density at radius 2 is 0.300 bits per heavy atom. The molecule has 0 fully saturated rings. The Hall–Kier alpha value is 6.92. The van der Waals surface area contributed by atoms with Crippen molar-refractivity contribution < 1.29 is 69.4 Å². The van der Waals surface area contributed by atoms with E-state index in [1.807, 2.05) is 0 Å². The largest absolute Gasteiger partial charge is 0 e. The molecule has 0 N–H and O–H groups in total. The van der Waals surface area contributed by atoms with E-state index < -0.39 is 0 Å². The Balaban J connectivity index is 0. The van der Waals surface area contributed by atoms with Crippen LogP contribution in [0.25, 0.3) is 0 Å². The van der Waals surface area contributed by atoms with E-state index in [1.54, 1.807) is 0 Å². The maximum absolute atomic E-state index is 0. The zero-order valence-electron chi connectivity index (χ0n) is 4.94. The fourth-order valence-corrected chi connectivity index (χ4v) is 0. The molecule has 0 aliphatic heterocycles. The van der Waals surface area contributed by atoms with Gasteiger partial charge in [-0.2, -0.15) is 0 Å². The topological polar surface area (TPSA) is 0 Å². The quantitative estimate of drug-likeness (QED) is 0.223. The van der Waals surface area contributed by atoms with Gasteiger partial charge in [0.25, 0.3) is 0 Å². The van der Waals surface area contributed by atoms with Crippen molar-refractivity contribution in [2.75, 3.05) is 0 Å². The second-order valence-electron chi connectivity index (χ2n) is 0. The third-order valence-corrected chi connectivity index (χ3v) is 0. The fraction of sp³-hybridized carbons (Fsp3) is 0. The molecule has 0 bridgehead atoms. The molecular weight excluding hydrogens is 920 g/mol. The summed E-state index contributed by atoms with van der Waals surface area (Å²) in [5, 5.41) is 0. The van der Waals surface area contributed by atoms with Crippen LogP contribution in [0.4, 0.5) is 0 Å². The molecule has 20 radical (unpaired) electrons. The van der Waals surface area contributed by atoms with E-state index in [0.717, 1.165) is 0 Å². The molecule has 0 saturated heterocycles. The van der Waals surface area contributed by atoms with Crippen LogP contribution in [0, 0.1) is 0 Å². The molecule has 10 heteroatoms. The van der Waals surface area contributed by atoms with Crippen LogP contribution in [0.3, 0.4) is 0 Å². The fourth-order valence-electron chi connectivity index (χ4n) is 0. The number of hydrogen-bond donors (Lipinski definition) is 0. The van der Waals surface area contributed by atoms with Gasteiger partial charge < -0.3 is 0 Å². The summed E-state index contributed by atoms with van der Waals surface area (Å²) in [4.78, 5) is 0. The van der Waals surface area contributed by atoms with E-state index in [9.17, 15) is 0 Å². The first kappa shape index (κ1) is 89.5. The van der Waals surface area contributed by atoms with Crippen LogP contribution in [0.1, 0.15) is 0 Å². The van der Waals surface area contributed by atoms with Gasteiger partial charge >= 0.3 is 95.6 Å². The molecule has 0 heterocycles. The van der Waals surface area contributed by atoms with Gasteiger partial charge in [0.05, 0.1) is 0 Å². The summed E-state index contributed by atoms with van der Waals surface area (Å²) in [6, 6.07) is 0. The summed E-state index contributed by atoms with van der Waals surface area (Å²) in [5.41, 5.74) is 0. The van der Waals surface area contributed by atoms with E-state index in [2.05, 4.69) is 0 Å². The monoisotopic (exact) mass is 931 g/mol. The van der Waals surface area contributed by atoms with Crippen molar-refractivity contribution in [3.8, 4) is 0 Å². The predicted octanol–water partition coefficient (Wildman–Crippen LogP) is -3.37. The smallest absolute Gasteiger partial charge is 0 e. The Morgan fingerprint density at radius 1 is 0.300 bits per heavy atom. The van der Waals surface area contributed by atoms with Crippen molar-refractivity contribution in [2.45, 2.75) is 0 Å². The maximum Gasteiger partial charge on any atom is 0 e. The van der Waals surface area contributed by atoms with Gasteiger partial charge in [-0.1, -0.05) is 0 Å². The Bertz CT molecular complexity index is 9.71. The Kier molecular flexibility index (Phi) is 662. The minimum atomic E-state index is 0. The molecular formula is H4Cr4Sn6. The summed E-state index contributed by atoms with van der Waals surface area (Å²) in [7, 11) is 0. The second kappa shape index (κ2) is 74.0. The van der Waals surface area contributed by atoms with Gasteiger partial charge in [0.1, 0.15) is 0 Å². The molecule has 0 rings (SSSR count). The summed E-state index contributed by atoms with van der Waals surface area (Å²) in [6.45, 7) is 0. The van der Waals surface area contributed by atoms with Crippen molar-refractivity contribution in [3.63, 3.8) is 0 Å². The Morgan fingerprint density at radius 3 is 0.300 bits per heavy atom. The summed E-state index contributed by atoms with van der Waals surface area (Å²) in [6.07, 6.45) is 0. The molecule has 0 aliphatic rings. The van der Waals surface area contributed by atoms with E-state index in [4.69, 9.17) is 0 Å². The van der Waals surface area contributed by atoms with E-state index >= 15 is 0 Å². The minimum Gasteiger partial charge on any atom is 0 e. The van der Waals surface area contributed by atoms with Crippen molar-refractivity contribution in [3.05, 3.63) is 0 Å². The summed E-state index contributed by atoms with van der Waals surface area (Å²) < 4.78 is 0. The Labute approximate surface area is 207 Å². The molecule has 0 saturated carbocycles. The van der Waals surface area contributed by atoms with Crippen LogP contribution in [-0.2, 0) is 69.4 Å². The van der Waals surface area contributed by atoms with Gasteiger partial charge in [-0.25, -0.2) is 0 Å². The first-order valence-corrected chi connectivity index (χ1v) is 0. The first-order chi connectivity index (χ1) is 0. The van der Waals surface area contributed by atoms with Gasteiger partial charge in [0.2, 0.25) is 0 Å². The van der Waals surface area contributed by atoms with Crippen LogP contribution >= 0.6 is 0 Å². The molecule has 0 aromatic carbocycles. The van der Waals surface area contributed by atoms with Gasteiger partial charge in [-0.05, 0) is 0 Å². The van der Waals surface area contributed by atoms with Crippen LogP contribution < -0.4 is 0 Å². The molecule has 0 nitrogen and oxygen atoms in total. The first-order valence-electron chi connectivity index (χ1n) is 0. The summed E-state index contributed by atoms with van der Waals surface area (Å²) in [5.74, 6) is 0. The molecule has 52 valence electrons. The predicted molar refractivity (Wildman–Crippen MR) is 40.1 cm³/mol. The van der Waals surface area contributed by atoms with Crippen molar-refractivity contribution in [2.24, 2.45) is 0 Å². The molecule has 0 unspecified atom stereocenters. The molecule has 0 aliphatic carbocycles.